The van der Waals surface area contributed by atoms with E-state index < -0.39 is 19.2 Å². The summed E-state index contributed by atoms with van der Waals surface area (Å²) in [5.41, 5.74) is 3.63. The van der Waals surface area contributed by atoms with E-state index in [9.17, 15) is 9.46 Å². The fraction of sp³-hybridized carbons (Fsp3) is 0.0909. The fourth-order valence-corrected chi connectivity index (χ4v) is 5.95. The van der Waals surface area contributed by atoms with Crippen molar-refractivity contribution in [3.05, 3.63) is 179 Å². The average Bonchev–Trinajstić information content (AvgIpc) is 2.99. The summed E-state index contributed by atoms with van der Waals surface area (Å²) in [6.07, 6.45) is -0.948. The number of hydrogen-bond acceptors (Lipinski definition) is 3. The minimum absolute atomic E-state index is 0.262. The molecule has 0 aliphatic rings. The molecule has 0 amide bonds. The highest BCUT2D eigenvalue weighted by molar-refractivity contribution is 7.52. The zero-order valence-electron chi connectivity index (χ0n) is 20.9. The lowest BCUT2D eigenvalue weighted by Crippen LogP contribution is -2.45. The molecule has 0 saturated heterocycles. The van der Waals surface area contributed by atoms with Gasteiger partial charge in [0, 0.05) is 0 Å². The Bertz CT molecular complexity index is 1330. The van der Waals surface area contributed by atoms with E-state index in [0.29, 0.717) is 0 Å². The van der Waals surface area contributed by atoms with Crippen LogP contribution in [0.4, 0.5) is 0 Å². The molecule has 0 radical (unpaired) electrons. The van der Waals surface area contributed by atoms with Crippen LogP contribution in [0, 0.1) is 0 Å². The molecule has 0 aromatic heterocycles. The van der Waals surface area contributed by atoms with Crippen molar-refractivity contribution < 1.29 is 14.0 Å². The minimum Gasteiger partial charge on any atom is -0.323 e. The first-order chi connectivity index (χ1) is 18.6. The van der Waals surface area contributed by atoms with Gasteiger partial charge in [0.05, 0.1) is 5.54 Å². The van der Waals surface area contributed by atoms with Crippen molar-refractivity contribution in [3.63, 3.8) is 0 Å². The van der Waals surface area contributed by atoms with Gasteiger partial charge in [-0.1, -0.05) is 152 Å². The third-order valence-electron chi connectivity index (χ3n) is 6.64. The lowest BCUT2D eigenvalue weighted by molar-refractivity contribution is 0.204. The Kier molecular flexibility index (Phi) is 7.97. The average molecular weight is 520 g/mol. The van der Waals surface area contributed by atoms with E-state index in [1.54, 1.807) is 0 Å². The third-order valence-corrected chi connectivity index (χ3v) is 7.74. The van der Waals surface area contributed by atoms with E-state index >= 15 is 0 Å². The number of nitrogens with one attached hydrogen (secondary N) is 1. The Morgan fingerprint density at radius 3 is 1.24 bits per heavy atom. The van der Waals surface area contributed by atoms with Gasteiger partial charge in [-0.3, -0.25) is 14.4 Å². The maximum atomic E-state index is 13.8. The predicted octanol–water partition coefficient (Wildman–Crippen LogP) is 7.52. The summed E-state index contributed by atoms with van der Waals surface area (Å²) >= 11 is 0. The number of hydrogen-bond donors (Lipinski definition) is 2. The van der Waals surface area contributed by atoms with Gasteiger partial charge in [0.2, 0.25) is 0 Å². The molecule has 190 valence electrons. The van der Waals surface area contributed by atoms with Crippen LogP contribution in [0.15, 0.2) is 152 Å². The maximum absolute atomic E-state index is 13.8. The van der Waals surface area contributed by atoms with Gasteiger partial charge in [-0.05, 0) is 27.8 Å². The molecule has 0 saturated carbocycles. The number of benzene rings is 5. The van der Waals surface area contributed by atoms with Crippen LogP contribution in [0.5, 0.6) is 0 Å². The van der Waals surface area contributed by atoms with E-state index in [1.165, 1.54) is 0 Å². The summed E-state index contributed by atoms with van der Waals surface area (Å²) < 4.78 is 19.8. The summed E-state index contributed by atoms with van der Waals surface area (Å²) in [6, 6.07) is 49.1. The first kappa shape index (κ1) is 25.8. The topological polar surface area (TPSA) is 58.6 Å². The summed E-state index contributed by atoms with van der Waals surface area (Å²) in [4.78, 5) is 11.3. The molecule has 0 spiro atoms. The van der Waals surface area contributed by atoms with Crippen molar-refractivity contribution in [1.82, 2.24) is 5.32 Å². The van der Waals surface area contributed by atoms with E-state index in [1.807, 2.05) is 152 Å². The molecule has 0 aliphatic heterocycles. The Hall–Kier alpha value is -3.79. The Morgan fingerprint density at radius 2 is 0.895 bits per heavy atom. The van der Waals surface area contributed by atoms with Crippen LogP contribution in [0.25, 0.3) is 0 Å². The molecule has 5 rings (SSSR count). The highest BCUT2D eigenvalue weighted by Crippen LogP contribution is 2.49. The number of rotatable bonds is 10. The Labute approximate surface area is 224 Å². The van der Waals surface area contributed by atoms with Crippen molar-refractivity contribution in [3.8, 4) is 0 Å². The van der Waals surface area contributed by atoms with Crippen LogP contribution in [0.3, 0.4) is 0 Å². The molecule has 1 atom stereocenters. The van der Waals surface area contributed by atoms with Crippen molar-refractivity contribution in [2.75, 3.05) is 6.29 Å². The molecule has 5 aromatic carbocycles. The second-order valence-electron chi connectivity index (χ2n) is 9.13. The molecule has 0 aliphatic carbocycles. The van der Waals surface area contributed by atoms with Gasteiger partial charge >= 0.3 is 7.60 Å². The summed E-state index contributed by atoms with van der Waals surface area (Å²) in [7, 11) is -4.15. The molecule has 0 bridgehead atoms. The maximum Gasteiger partial charge on any atom is 0.342 e. The van der Waals surface area contributed by atoms with Gasteiger partial charge in [0.25, 0.3) is 0 Å². The molecule has 0 heterocycles. The van der Waals surface area contributed by atoms with Gasteiger partial charge in [0.1, 0.15) is 12.4 Å². The van der Waals surface area contributed by atoms with E-state index in [4.69, 9.17) is 4.52 Å². The van der Waals surface area contributed by atoms with Crippen LogP contribution < -0.4 is 5.32 Å². The Balaban J connectivity index is 1.54. The zero-order chi connectivity index (χ0) is 26.3. The van der Waals surface area contributed by atoms with Crippen LogP contribution in [-0.4, -0.2) is 11.2 Å². The second kappa shape index (κ2) is 11.7. The van der Waals surface area contributed by atoms with Gasteiger partial charge in [0.15, 0.2) is 0 Å². The summed E-state index contributed by atoms with van der Waals surface area (Å²) in [5, 5.41) is 3.49. The van der Waals surface area contributed by atoms with Gasteiger partial charge in [-0.25, -0.2) is 0 Å². The molecular formula is C33H30NO3P. The van der Waals surface area contributed by atoms with Gasteiger partial charge in [-0.2, -0.15) is 0 Å². The van der Waals surface area contributed by atoms with Crippen molar-refractivity contribution in [2.45, 2.75) is 11.6 Å². The van der Waals surface area contributed by atoms with Gasteiger partial charge < -0.3 is 4.89 Å². The SMILES string of the molecule is O=P(O)(CNC(c1ccccc1)(c1ccccc1)c1ccccc1)OC(c1ccccc1)c1ccccc1. The van der Waals surface area contributed by atoms with E-state index in [0.717, 1.165) is 27.8 Å². The normalized spacial score (nSPS) is 13.2. The first-order valence-corrected chi connectivity index (χ1v) is 14.4. The largest absolute Gasteiger partial charge is 0.342 e. The van der Waals surface area contributed by atoms with Crippen molar-refractivity contribution >= 4 is 7.60 Å². The second-order valence-corrected chi connectivity index (χ2v) is 10.9. The zero-order valence-corrected chi connectivity index (χ0v) is 21.8. The molecule has 1 unspecified atom stereocenters. The minimum atomic E-state index is -4.15. The summed E-state index contributed by atoms with van der Waals surface area (Å²) in [5.74, 6) is 0. The van der Waals surface area contributed by atoms with E-state index in [-0.39, 0.29) is 6.29 Å². The highest BCUT2D eigenvalue weighted by atomic mass is 31.2. The van der Waals surface area contributed by atoms with E-state index in [2.05, 4.69) is 5.32 Å². The predicted molar refractivity (Wildman–Crippen MR) is 153 cm³/mol. The third kappa shape index (κ3) is 5.70. The van der Waals surface area contributed by atoms with Gasteiger partial charge in [-0.15, -0.1) is 0 Å². The molecule has 38 heavy (non-hydrogen) atoms. The molecular weight excluding hydrogens is 489 g/mol. The van der Waals surface area contributed by atoms with Crippen molar-refractivity contribution in [2.24, 2.45) is 0 Å². The lowest BCUT2D eigenvalue weighted by Gasteiger charge is -2.37. The van der Waals surface area contributed by atoms with Crippen LogP contribution in [-0.2, 0) is 14.6 Å². The van der Waals surface area contributed by atoms with Crippen LogP contribution >= 0.6 is 7.60 Å². The standard InChI is InChI=1S/C33H30NO3P/c35-38(36,37-32(27-16-6-1-7-17-27)28-18-8-2-9-19-28)26-34-33(29-20-10-3-11-21-29,30-22-12-4-13-23-30)31-24-14-5-15-25-31/h1-25,32,34H,26H2,(H,35,36). The lowest BCUT2D eigenvalue weighted by atomic mass is 9.77. The smallest absolute Gasteiger partial charge is 0.323 e. The molecule has 4 nitrogen and oxygen atoms in total. The summed E-state index contributed by atoms with van der Waals surface area (Å²) in [6.45, 7) is 0. The monoisotopic (exact) mass is 519 g/mol. The Morgan fingerprint density at radius 1 is 0.579 bits per heavy atom. The van der Waals surface area contributed by atoms with Crippen LogP contribution in [0.1, 0.15) is 33.9 Å². The highest BCUT2D eigenvalue weighted by Gasteiger charge is 2.39. The fourth-order valence-electron chi connectivity index (χ4n) is 4.86. The van der Waals surface area contributed by atoms with Crippen molar-refractivity contribution in [1.29, 1.82) is 0 Å². The molecule has 5 aromatic rings. The quantitative estimate of drug-likeness (QED) is 0.148. The van der Waals surface area contributed by atoms with Crippen LogP contribution in [0.2, 0.25) is 0 Å². The molecule has 0 fully saturated rings. The molecule has 5 heteroatoms. The molecule has 2 N–H and O–H groups in total. The first-order valence-electron chi connectivity index (χ1n) is 12.6.